The Morgan fingerprint density at radius 3 is 2.58 bits per heavy atom. The minimum Gasteiger partial charge on any atom is -0.400 e. The molecule has 4 nitrogen and oxygen atoms in total. The first-order valence-corrected chi connectivity index (χ1v) is 13.4. The van der Waals surface area contributed by atoms with E-state index in [0.717, 1.165) is 58.8 Å². The van der Waals surface area contributed by atoms with Crippen LogP contribution in [0.2, 0.25) is 0 Å². The zero-order valence-electron chi connectivity index (χ0n) is 23.8. The van der Waals surface area contributed by atoms with Gasteiger partial charge in [-0.25, -0.2) is 8.78 Å². The van der Waals surface area contributed by atoms with Gasteiger partial charge in [-0.1, -0.05) is 43.3 Å². The van der Waals surface area contributed by atoms with Gasteiger partial charge in [-0.05, 0) is 85.0 Å². The zero-order valence-corrected chi connectivity index (χ0v) is 23.8. The molecule has 0 radical (unpaired) electrons. The number of H-pyrrole nitrogens is 1. The number of benzene rings is 3. The fraction of sp³-hybridized carbons (Fsp3) is 0.265. The maximum absolute atomic E-state index is 15.0. The Hall–Kier alpha value is -4.03. The van der Waals surface area contributed by atoms with Gasteiger partial charge in [-0.2, -0.15) is 0 Å². The lowest BCUT2D eigenvalue weighted by Gasteiger charge is -2.20. The lowest BCUT2D eigenvalue weighted by atomic mass is 9.93. The maximum atomic E-state index is 15.0. The Labute approximate surface area is 236 Å². The van der Waals surface area contributed by atoms with Crippen molar-refractivity contribution in [1.29, 1.82) is 0 Å². The molecule has 0 aliphatic rings. The maximum Gasteiger partial charge on any atom is 0.129 e. The Morgan fingerprint density at radius 2 is 1.85 bits per heavy atom. The number of aromatic amines is 1. The van der Waals surface area contributed by atoms with Gasteiger partial charge in [-0.15, -0.1) is 6.58 Å². The van der Waals surface area contributed by atoms with E-state index in [1.807, 2.05) is 38.3 Å². The van der Waals surface area contributed by atoms with E-state index >= 15 is 8.78 Å². The molecule has 0 saturated carbocycles. The number of aliphatic hydroxyl groups is 1. The fourth-order valence-electron chi connectivity index (χ4n) is 4.96. The molecular weight excluding hydrogens is 504 g/mol. The van der Waals surface area contributed by atoms with E-state index in [1.165, 1.54) is 17.7 Å². The molecule has 1 aromatic heterocycles. The highest BCUT2D eigenvalue weighted by molar-refractivity contribution is 5.84. The van der Waals surface area contributed by atoms with Gasteiger partial charge in [0.1, 0.15) is 11.6 Å². The topological polar surface area (TPSA) is 60.4 Å². The van der Waals surface area contributed by atoms with Crippen molar-refractivity contribution < 1.29 is 13.9 Å². The third kappa shape index (κ3) is 7.13. The molecule has 0 bridgehead atoms. The monoisotopic (exact) mass is 543 g/mol. The lowest BCUT2D eigenvalue weighted by Crippen LogP contribution is -2.19. The molecule has 1 atom stereocenters. The van der Waals surface area contributed by atoms with Crippen molar-refractivity contribution in [2.75, 3.05) is 7.11 Å². The van der Waals surface area contributed by atoms with Gasteiger partial charge in [0, 0.05) is 60.6 Å². The van der Waals surface area contributed by atoms with Crippen LogP contribution in [0.15, 0.2) is 84.3 Å². The second-order valence-corrected chi connectivity index (χ2v) is 9.86. The van der Waals surface area contributed by atoms with Gasteiger partial charge in [0.2, 0.25) is 0 Å². The third-order valence-corrected chi connectivity index (χ3v) is 7.34. The van der Waals surface area contributed by atoms with Gasteiger partial charge in [0.15, 0.2) is 0 Å². The van der Waals surface area contributed by atoms with E-state index in [1.54, 1.807) is 6.20 Å². The Balaban J connectivity index is 0.00000216. The predicted octanol–water partition coefficient (Wildman–Crippen LogP) is 7.82. The molecule has 0 aliphatic carbocycles. The molecule has 0 saturated heterocycles. The highest BCUT2D eigenvalue weighted by atomic mass is 19.1. The van der Waals surface area contributed by atoms with Gasteiger partial charge >= 0.3 is 0 Å². The first-order valence-electron chi connectivity index (χ1n) is 13.4. The average molecular weight is 544 g/mol. The number of aliphatic imine (C=N–C) groups is 1. The number of nitrogens with one attached hydrogen (secondary N) is 2. The van der Waals surface area contributed by atoms with Crippen LogP contribution < -0.4 is 5.32 Å². The molecule has 3 aromatic carbocycles. The summed E-state index contributed by atoms with van der Waals surface area (Å²) in [6.45, 7) is 13.6. The van der Waals surface area contributed by atoms with E-state index in [9.17, 15) is 0 Å². The van der Waals surface area contributed by atoms with Crippen LogP contribution in [0.3, 0.4) is 0 Å². The number of hydrogen-bond acceptors (Lipinski definition) is 3. The van der Waals surface area contributed by atoms with E-state index in [4.69, 9.17) is 5.11 Å². The summed E-state index contributed by atoms with van der Waals surface area (Å²) in [5.41, 5.74) is 7.77. The van der Waals surface area contributed by atoms with E-state index in [0.29, 0.717) is 17.5 Å². The molecule has 40 heavy (non-hydrogen) atoms. The van der Waals surface area contributed by atoms with E-state index in [2.05, 4.69) is 59.8 Å². The summed E-state index contributed by atoms with van der Waals surface area (Å²) in [6.07, 6.45) is 7.68. The highest BCUT2D eigenvalue weighted by Gasteiger charge is 2.17. The number of hydrogen-bond donors (Lipinski definition) is 3. The van der Waals surface area contributed by atoms with Crippen molar-refractivity contribution >= 4 is 17.6 Å². The standard InChI is InChI=1S/C33H35F2N3.CH4O/c1-6-7-9-24-10-8-11-25(15-24)22(3)33(20-36-5)38-19-27-16-26(21(2)14-30(27)34)17-29-23(4)28-12-13-37-32(28)18-31(29)35;1-2/h6,8,10-16,18,20,22,37-38H,1,5,7,9,17,19H2,2-4H3;2H,1H3/b33-20-;. The van der Waals surface area contributed by atoms with Gasteiger partial charge in [0.25, 0.3) is 0 Å². The molecule has 1 unspecified atom stereocenters. The molecule has 4 rings (SSSR count). The number of aryl methyl sites for hydroxylation is 3. The minimum atomic E-state index is -0.290. The Kier molecular flexibility index (Phi) is 11.0. The number of nitrogens with zero attached hydrogens (tertiary/aromatic N) is 1. The summed E-state index contributed by atoms with van der Waals surface area (Å²) in [7, 11) is 1.00. The largest absolute Gasteiger partial charge is 0.400 e. The van der Waals surface area contributed by atoms with Crippen LogP contribution in [0, 0.1) is 25.5 Å². The molecule has 0 amide bonds. The van der Waals surface area contributed by atoms with Crippen molar-refractivity contribution in [2.45, 2.75) is 52.5 Å². The SMILES string of the molecule is C=CCCc1cccc(C(C)/C(=C/N=C)NCc2cc(Cc3c(F)cc4[nH]ccc4c3C)c(C)cc2F)c1.CO. The molecule has 210 valence electrons. The summed E-state index contributed by atoms with van der Waals surface area (Å²) in [6, 6.07) is 15.3. The quantitative estimate of drug-likeness (QED) is 0.133. The summed E-state index contributed by atoms with van der Waals surface area (Å²) >= 11 is 0. The molecule has 6 heteroatoms. The molecule has 0 fully saturated rings. The lowest BCUT2D eigenvalue weighted by molar-refractivity contribution is 0.399. The minimum absolute atomic E-state index is 0.0157. The van der Waals surface area contributed by atoms with Crippen LogP contribution in [0.1, 0.15) is 58.2 Å². The molecular formula is C34H39F2N3O. The summed E-state index contributed by atoms with van der Waals surface area (Å²) in [5, 5.41) is 11.4. The Bertz CT molecular complexity index is 1500. The molecule has 4 aromatic rings. The van der Waals surface area contributed by atoms with Crippen LogP contribution >= 0.6 is 0 Å². The normalized spacial score (nSPS) is 12.0. The summed E-state index contributed by atoms with van der Waals surface area (Å²) in [4.78, 5) is 7.06. The van der Waals surface area contributed by atoms with Crippen molar-refractivity contribution in [3.63, 3.8) is 0 Å². The van der Waals surface area contributed by atoms with Crippen LogP contribution in [0.4, 0.5) is 8.78 Å². The van der Waals surface area contributed by atoms with Crippen molar-refractivity contribution in [1.82, 2.24) is 10.3 Å². The Morgan fingerprint density at radius 1 is 1.07 bits per heavy atom. The number of aliphatic hydroxyl groups excluding tert-OH is 1. The van der Waals surface area contributed by atoms with Crippen molar-refractivity contribution in [2.24, 2.45) is 4.99 Å². The smallest absolute Gasteiger partial charge is 0.129 e. The molecule has 0 spiro atoms. The average Bonchev–Trinajstić information content (AvgIpc) is 3.43. The number of rotatable bonds is 11. The van der Waals surface area contributed by atoms with E-state index < -0.39 is 0 Å². The van der Waals surface area contributed by atoms with Crippen LogP contribution in [-0.2, 0) is 19.4 Å². The predicted molar refractivity (Wildman–Crippen MR) is 163 cm³/mol. The summed E-state index contributed by atoms with van der Waals surface area (Å²) < 4.78 is 30.1. The molecule has 0 aliphatic heterocycles. The number of aromatic nitrogens is 1. The van der Waals surface area contributed by atoms with Gasteiger partial charge in [-0.3, -0.25) is 4.99 Å². The second-order valence-electron chi connectivity index (χ2n) is 9.86. The van der Waals surface area contributed by atoms with E-state index in [-0.39, 0.29) is 24.1 Å². The number of fused-ring (bicyclic) bond motifs is 1. The molecule has 1 heterocycles. The van der Waals surface area contributed by atoms with Crippen LogP contribution in [0.25, 0.3) is 10.9 Å². The molecule has 3 N–H and O–H groups in total. The first kappa shape index (κ1) is 30.5. The first-order chi connectivity index (χ1) is 19.3. The van der Waals surface area contributed by atoms with Crippen LogP contribution in [-0.4, -0.2) is 23.9 Å². The van der Waals surface area contributed by atoms with Gasteiger partial charge in [0.05, 0.1) is 0 Å². The summed E-state index contributed by atoms with van der Waals surface area (Å²) in [5.74, 6) is -0.531. The fourth-order valence-corrected chi connectivity index (χ4v) is 4.96. The third-order valence-electron chi connectivity index (χ3n) is 7.34. The van der Waals surface area contributed by atoms with Crippen molar-refractivity contribution in [3.8, 4) is 0 Å². The highest BCUT2D eigenvalue weighted by Crippen LogP contribution is 2.29. The van der Waals surface area contributed by atoms with Crippen molar-refractivity contribution in [3.05, 3.63) is 130 Å². The zero-order chi connectivity index (χ0) is 29.2. The van der Waals surface area contributed by atoms with Gasteiger partial charge < -0.3 is 15.4 Å². The number of halogens is 2. The second kappa shape index (κ2) is 14.4. The number of allylic oxidation sites excluding steroid dienone is 2. The van der Waals surface area contributed by atoms with Crippen LogP contribution in [0.5, 0.6) is 0 Å².